The molecule has 1 unspecified atom stereocenters. The van der Waals surface area contributed by atoms with Crippen molar-refractivity contribution in [3.8, 4) is 17.2 Å². The summed E-state index contributed by atoms with van der Waals surface area (Å²) in [5.41, 5.74) is 3.52. The molecule has 1 aliphatic heterocycles. The summed E-state index contributed by atoms with van der Waals surface area (Å²) in [6.45, 7) is 2.22. The van der Waals surface area contributed by atoms with E-state index in [1.165, 1.54) is 6.33 Å². The first-order chi connectivity index (χ1) is 18.5. The predicted octanol–water partition coefficient (Wildman–Crippen LogP) is 5.56. The number of carbonyl (C=O) groups excluding carboxylic acids is 1. The van der Waals surface area contributed by atoms with Gasteiger partial charge in [-0.1, -0.05) is 46.3 Å². The van der Waals surface area contributed by atoms with Crippen LogP contribution in [0.25, 0.3) is 0 Å². The number of para-hydroxylation sites is 2. The number of rotatable bonds is 8. The molecule has 1 atom stereocenters. The summed E-state index contributed by atoms with van der Waals surface area (Å²) in [5, 5.41) is 10.6. The Balaban J connectivity index is 1.48. The smallest absolute Gasteiger partial charge is 0.255 e. The molecule has 1 aromatic heterocycles. The molecule has 2 N–H and O–H groups in total. The molecule has 38 heavy (non-hydrogen) atoms. The molecule has 9 nitrogen and oxygen atoms in total. The van der Waals surface area contributed by atoms with E-state index in [1.54, 1.807) is 31.0 Å². The second-order valence-electron chi connectivity index (χ2n) is 8.58. The van der Waals surface area contributed by atoms with E-state index in [1.807, 2.05) is 61.5 Å². The van der Waals surface area contributed by atoms with Crippen LogP contribution in [0.4, 0.5) is 11.6 Å². The number of allylic oxidation sites excluding steroid dienone is 1. The zero-order chi connectivity index (χ0) is 26.6. The molecule has 194 valence electrons. The average Bonchev–Trinajstić information content (AvgIpc) is 3.39. The molecule has 0 radical (unpaired) electrons. The SMILES string of the molecule is COc1ccccc1NC(=O)C1=C(C)Nc2ncnn2C1c1ccc(OCc2cccc(Br)c2)c(OC)c1. The molecular weight excluding hydrogens is 550 g/mol. The topological polar surface area (TPSA) is 99.5 Å². The van der Waals surface area contributed by atoms with Crippen molar-refractivity contribution in [3.63, 3.8) is 0 Å². The van der Waals surface area contributed by atoms with Gasteiger partial charge in [0.25, 0.3) is 5.91 Å². The largest absolute Gasteiger partial charge is 0.495 e. The van der Waals surface area contributed by atoms with Gasteiger partial charge in [0, 0.05) is 10.2 Å². The Kier molecular flexibility index (Phi) is 7.32. The van der Waals surface area contributed by atoms with E-state index >= 15 is 0 Å². The van der Waals surface area contributed by atoms with Crippen molar-refractivity contribution in [1.29, 1.82) is 0 Å². The van der Waals surface area contributed by atoms with Crippen molar-refractivity contribution < 1.29 is 19.0 Å². The van der Waals surface area contributed by atoms with Crippen LogP contribution in [0.3, 0.4) is 0 Å². The Labute approximate surface area is 228 Å². The summed E-state index contributed by atoms with van der Waals surface area (Å²) < 4.78 is 19.8. The quantitative estimate of drug-likeness (QED) is 0.283. The Morgan fingerprint density at radius 3 is 2.63 bits per heavy atom. The third kappa shape index (κ3) is 5.08. The third-order valence-electron chi connectivity index (χ3n) is 6.18. The highest BCUT2D eigenvalue weighted by atomic mass is 79.9. The Morgan fingerprint density at radius 1 is 1.03 bits per heavy atom. The predicted molar refractivity (Wildman–Crippen MR) is 148 cm³/mol. The van der Waals surface area contributed by atoms with E-state index in [9.17, 15) is 4.79 Å². The van der Waals surface area contributed by atoms with Gasteiger partial charge in [-0.2, -0.15) is 10.1 Å². The van der Waals surface area contributed by atoms with Gasteiger partial charge in [-0.25, -0.2) is 4.68 Å². The lowest BCUT2D eigenvalue weighted by Gasteiger charge is -2.29. The summed E-state index contributed by atoms with van der Waals surface area (Å²) in [5.74, 6) is 1.94. The van der Waals surface area contributed by atoms with Crippen molar-refractivity contribution in [2.75, 3.05) is 24.9 Å². The van der Waals surface area contributed by atoms with Gasteiger partial charge < -0.3 is 24.8 Å². The van der Waals surface area contributed by atoms with Gasteiger partial charge >= 0.3 is 0 Å². The number of fused-ring (bicyclic) bond motifs is 1. The molecule has 1 aliphatic rings. The molecule has 0 fully saturated rings. The number of methoxy groups -OCH3 is 2. The number of benzene rings is 3. The lowest BCUT2D eigenvalue weighted by molar-refractivity contribution is -0.113. The molecule has 0 bridgehead atoms. The zero-order valence-electron chi connectivity index (χ0n) is 21.1. The van der Waals surface area contributed by atoms with Crippen LogP contribution in [0, 0.1) is 0 Å². The monoisotopic (exact) mass is 575 g/mol. The molecule has 5 rings (SSSR count). The van der Waals surface area contributed by atoms with Crippen molar-refractivity contribution in [1.82, 2.24) is 14.8 Å². The van der Waals surface area contributed by atoms with E-state index < -0.39 is 6.04 Å². The maximum Gasteiger partial charge on any atom is 0.255 e. The fraction of sp³-hybridized carbons (Fsp3) is 0.179. The normalized spacial score (nSPS) is 14.4. The number of carbonyl (C=O) groups is 1. The number of hydrogen-bond acceptors (Lipinski definition) is 7. The van der Waals surface area contributed by atoms with Crippen LogP contribution in [0.1, 0.15) is 24.1 Å². The van der Waals surface area contributed by atoms with Gasteiger partial charge in [0.1, 0.15) is 24.7 Å². The summed E-state index contributed by atoms with van der Waals surface area (Å²) >= 11 is 3.49. The van der Waals surface area contributed by atoms with Crippen LogP contribution in [-0.2, 0) is 11.4 Å². The first-order valence-electron chi connectivity index (χ1n) is 11.9. The van der Waals surface area contributed by atoms with E-state index in [0.29, 0.717) is 46.8 Å². The standard InChI is InChI=1S/C28H26BrN5O4/c1-17-25(27(35)33-21-9-4-5-10-22(21)36-2)26(34-28(32-17)30-16-31-34)19-11-12-23(24(14-19)37-3)38-15-18-7-6-8-20(29)13-18/h4-14,16,26H,15H2,1-3H3,(H,33,35)(H,30,31,32). The fourth-order valence-corrected chi connectivity index (χ4v) is 4.84. The Bertz CT molecular complexity index is 1520. The highest BCUT2D eigenvalue weighted by Crippen LogP contribution is 2.39. The summed E-state index contributed by atoms with van der Waals surface area (Å²) in [4.78, 5) is 18.0. The van der Waals surface area contributed by atoms with Crippen LogP contribution < -0.4 is 24.8 Å². The third-order valence-corrected chi connectivity index (χ3v) is 6.67. The summed E-state index contributed by atoms with van der Waals surface area (Å²) in [6, 6.07) is 20.2. The number of anilines is 2. The highest BCUT2D eigenvalue weighted by molar-refractivity contribution is 9.10. The van der Waals surface area contributed by atoms with Crippen molar-refractivity contribution >= 4 is 33.5 Å². The van der Waals surface area contributed by atoms with Crippen LogP contribution in [-0.4, -0.2) is 34.9 Å². The van der Waals surface area contributed by atoms with E-state index in [0.717, 1.165) is 15.6 Å². The summed E-state index contributed by atoms with van der Waals surface area (Å²) in [6.07, 6.45) is 1.45. The van der Waals surface area contributed by atoms with Crippen LogP contribution in [0.5, 0.6) is 17.2 Å². The number of nitrogens with zero attached hydrogens (tertiary/aromatic N) is 3. The van der Waals surface area contributed by atoms with Crippen LogP contribution in [0.2, 0.25) is 0 Å². The number of hydrogen-bond donors (Lipinski definition) is 2. The second-order valence-corrected chi connectivity index (χ2v) is 9.49. The van der Waals surface area contributed by atoms with Gasteiger partial charge in [0.2, 0.25) is 5.95 Å². The molecule has 0 aliphatic carbocycles. The molecule has 4 aromatic rings. The lowest BCUT2D eigenvalue weighted by Crippen LogP contribution is -2.31. The number of aromatic nitrogens is 3. The van der Waals surface area contributed by atoms with E-state index in [4.69, 9.17) is 14.2 Å². The minimum Gasteiger partial charge on any atom is -0.495 e. The van der Waals surface area contributed by atoms with Crippen LogP contribution >= 0.6 is 15.9 Å². The maximum atomic E-state index is 13.7. The Hall–Kier alpha value is -4.31. The van der Waals surface area contributed by atoms with Crippen LogP contribution in [0.15, 0.2) is 88.8 Å². The first kappa shape index (κ1) is 25.3. The number of nitrogens with one attached hydrogen (secondary N) is 2. The molecule has 2 heterocycles. The number of halogens is 1. The molecule has 0 saturated heterocycles. The molecule has 1 amide bonds. The first-order valence-corrected chi connectivity index (χ1v) is 12.6. The molecule has 0 spiro atoms. The average molecular weight is 576 g/mol. The van der Waals surface area contributed by atoms with Gasteiger partial charge in [-0.3, -0.25) is 4.79 Å². The van der Waals surface area contributed by atoms with Gasteiger partial charge in [0.15, 0.2) is 11.5 Å². The van der Waals surface area contributed by atoms with Crippen molar-refractivity contribution in [3.05, 3.63) is 99.9 Å². The highest BCUT2D eigenvalue weighted by Gasteiger charge is 2.34. The fourth-order valence-electron chi connectivity index (χ4n) is 4.39. The molecule has 3 aromatic carbocycles. The summed E-state index contributed by atoms with van der Waals surface area (Å²) in [7, 11) is 3.15. The van der Waals surface area contributed by atoms with Gasteiger partial charge in [-0.15, -0.1) is 0 Å². The van der Waals surface area contributed by atoms with E-state index in [-0.39, 0.29) is 5.91 Å². The molecule has 10 heteroatoms. The maximum absolute atomic E-state index is 13.7. The molecular formula is C28H26BrN5O4. The lowest BCUT2D eigenvalue weighted by atomic mass is 9.94. The van der Waals surface area contributed by atoms with Gasteiger partial charge in [0.05, 0.1) is 25.5 Å². The minimum absolute atomic E-state index is 0.292. The number of amides is 1. The van der Waals surface area contributed by atoms with Crippen molar-refractivity contribution in [2.24, 2.45) is 0 Å². The Morgan fingerprint density at radius 2 is 1.84 bits per heavy atom. The molecule has 0 saturated carbocycles. The zero-order valence-corrected chi connectivity index (χ0v) is 22.7. The van der Waals surface area contributed by atoms with Crippen molar-refractivity contribution in [2.45, 2.75) is 19.6 Å². The number of ether oxygens (including phenoxy) is 3. The van der Waals surface area contributed by atoms with Gasteiger partial charge in [-0.05, 0) is 54.4 Å². The van der Waals surface area contributed by atoms with E-state index in [2.05, 4.69) is 36.6 Å². The second kappa shape index (κ2) is 11.0. The minimum atomic E-state index is -0.559.